The Kier molecular flexibility index (Phi) is 6.67. The number of amides is 1. The van der Waals surface area contributed by atoms with Gasteiger partial charge < -0.3 is 10.1 Å². The highest BCUT2D eigenvalue weighted by molar-refractivity contribution is 5.92. The summed E-state index contributed by atoms with van der Waals surface area (Å²) in [4.78, 5) is 25.0. The van der Waals surface area contributed by atoms with Crippen LogP contribution >= 0.6 is 0 Å². The molecular formula is C21H23N5O3. The van der Waals surface area contributed by atoms with Gasteiger partial charge in [0.1, 0.15) is 6.33 Å². The first kappa shape index (κ1) is 20.2. The van der Waals surface area contributed by atoms with E-state index in [0.717, 1.165) is 18.4 Å². The first-order valence-electron chi connectivity index (χ1n) is 9.48. The van der Waals surface area contributed by atoms with Crippen molar-refractivity contribution in [2.75, 3.05) is 0 Å². The minimum absolute atomic E-state index is 0.120. The van der Waals surface area contributed by atoms with Crippen molar-refractivity contribution in [2.45, 2.75) is 38.8 Å². The van der Waals surface area contributed by atoms with Gasteiger partial charge in [-0.2, -0.15) is 0 Å². The molecule has 1 N–H and O–H groups in total. The first-order chi connectivity index (χ1) is 14.1. The number of aromatic nitrogens is 4. The zero-order valence-corrected chi connectivity index (χ0v) is 16.4. The summed E-state index contributed by atoms with van der Waals surface area (Å²) < 4.78 is 6.82. The Morgan fingerprint density at radius 1 is 1.10 bits per heavy atom. The fraction of sp³-hybridized carbons (Fsp3) is 0.286. The van der Waals surface area contributed by atoms with E-state index >= 15 is 0 Å². The van der Waals surface area contributed by atoms with Gasteiger partial charge in [-0.1, -0.05) is 43.7 Å². The summed E-state index contributed by atoms with van der Waals surface area (Å²) in [6.07, 6.45) is 2.26. The van der Waals surface area contributed by atoms with Crippen LogP contribution in [-0.4, -0.2) is 38.2 Å². The molecule has 0 aliphatic rings. The van der Waals surface area contributed by atoms with Gasteiger partial charge in [0.05, 0.1) is 17.3 Å². The van der Waals surface area contributed by atoms with Crippen molar-refractivity contribution in [3.63, 3.8) is 0 Å². The number of tetrazole rings is 1. The number of carbonyl (C=O) groups is 2. The molecule has 0 spiro atoms. The average Bonchev–Trinajstić information content (AvgIpc) is 3.29. The van der Waals surface area contributed by atoms with E-state index in [1.165, 1.54) is 11.0 Å². The second kappa shape index (κ2) is 9.59. The zero-order valence-electron chi connectivity index (χ0n) is 16.4. The molecule has 0 saturated heterocycles. The van der Waals surface area contributed by atoms with Crippen molar-refractivity contribution in [3.05, 3.63) is 72.1 Å². The Bertz CT molecular complexity index is 927. The van der Waals surface area contributed by atoms with Gasteiger partial charge in [0.2, 0.25) is 0 Å². The molecule has 2 atom stereocenters. The lowest BCUT2D eigenvalue weighted by Crippen LogP contribution is -2.38. The average molecular weight is 393 g/mol. The Labute approximate surface area is 168 Å². The molecule has 0 radical (unpaired) electrons. The van der Waals surface area contributed by atoms with Crippen molar-refractivity contribution in [3.8, 4) is 5.69 Å². The molecule has 150 valence electrons. The smallest absolute Gasteiger partial charge is 0.338 e. The lowest BCUT2D eigenvalue weighted by molar-refractivity contribution is -0.129. The van der Waals surface area contributed by atoms with E-state index in [2.05, 4.69) is 27.8 Å². The molecule has 1 aromatic heterocycles. The quantitative estimate of drug-likeness (QED) is 0.591. The zero-order chi connectivity index (χ0) is 20.6. The summed E-state index contributed by atoms with van der Waals surface area (Å²) in [6, 6.07) is 16.2. The molecule has 0 aliphatic carbocycles. The number of esters is 1. The van der Waals surface area contributed by atoms with E-state index < -0.39 is 12.1 Å². The van der Waals surface area contributed by atoms with Gasteiger partial charge in [-0.25, -0.2) is 9.48 Å². The minimum Gasteiger partial charge on any atom is -0.449 e. The van der Waals surface area contributed by atoms with Crippen LogP contribution in [0.1, 0.15) is 48.7 Å². The summed E-state index contributed by atoms with van der Waals surface area (Å²) in [5, 5.41) is 13.9. The molecule has 2 aromatic carbocycles. The molecule has 0 saturated carbocycles. The van der Waals surface area contributed by atoms with Crippen LogP contribution in [0.25, 0.3) is 5.69 Å². The van der Waals surface area contributed by atoms with Crippen molar-refractivity contribution in [1.82, 2.24) is 25.5 Å². The maximum absolute atomic E-state index is 12.6. The number of benzene rings is 2. The lowest BCUT2D eigenvalue weighted by atomic mass is 10.0. The molecule has 3 rings (SSSR count). The topological polar surface area (TPSA) is 99.0 Å². The molecule has 29 heavy (non-hydrogen) atoms. The van der Waals surface area contributed by atoms with Crippen molar-refractivity contribution in [1.29, 1.82) is 0 Å². The van der Waals surface area contributed by atoms with E-state index in [4.69, 9.17) is 4.74 Å². The number of rotatable bonds is 8. The maximum Gasteiger partial charge on any atom is 0.338 e. The Hall–Kier alpha value is -3.55. The second-order valence-electron chi connectivity index (χ2n) is 6.61. The number of nitrogens with one attached hydrogen (secondary N) is 1. The molecular weight excluding hydrogens is 370 g/mol. The van der Waals surface area contributed by atoms with Gasteiger partial charge in [-0.05, 0) is 53.6 Å². The van der Waals surface area contributed by atoms with Crippen LogP contribution in [-0.2, 0) is 9.53 Å². The second-order valence-corrected chi connectivity index (χ2v) is 6.61. The van der Waals surface area contributed by atoms with Crippen LogP contribution < -0.4 is 5.32 Å². The Morgan fingerprint density at radius 3 is 2.45 bits per heavy atom. The number of ether oxygens (including phenoxy) is 1. The summed E-state index contributed by atoms with van der Waals surface area (Å²) >= 11 is 0. The summed E-state index contributed by atoms with van der Waals surface area (Å²) in [5.41, 5.74) is 2.08. The Balaban J connectivity index is 1.60. The predicted octanol–water partition coefficient (Wildman–Crippen LogP) is 2.87. The highest BCUT2D eigenvalue weighted by Gasteiger charge is 2.22. The number of hydrogen-bond donors (Lipinski definition) is 1. The largest absolute Gasteiger partial charge is 0.449 e. The van der Waals surface area contributed by atoms with Crippen LogP contribution in [0.3, 0.4) is 0 Å². The highest BCUT2D eigenvalue weighted by Crippen LogP contribution is 2.18. The van der Waals surface area contributed by atoms with E-state index in [-0.39, 0.29) is 11.9 Å². The standard InChI is InChI=1S/C21H23N5O3/c1-3-7-19(16-8-5-4-6-9-16)23-20(27)15(2)29-21(28)17-10-12-18(13-11-17)26-14-22-24-25-26/h4-6,8-15,19H,3,7H2,1-2H3,(H,23,27)/t15-,19+/m0/s1. The van der Waals surface area contributed by atoms with E-state index in [1.807, 2.05) is 30.3 Å². The summed E-state index contributed by atoms with van der Waals surface area (Å²) in [6.45, 7) is 3.63. The van der Waals surface area contributed by atoms with Crippen molar-refractivity contribution in [2.24, 2.45) is 0 Å². The predicted molar refractivity (Wildman–Crippen MR) is 106 cm³/mol. The van der Waals surface area contributed by atoms with Crippen LogP contribution in [0.5, 0.6) is 0 Å². The SMILES string of the molecule is CCC[C@@H](NC(=O)[C@H](C)OC(=O)c1ccc(-n2cnnn2)cc1)c1ccccc1. The third-order valence-corrected chi connectivity index (χ3v) is 4.47. The van der Waals surface area contributed by atoms with Gasteiger partial charge in [-0.3, -0.25) is 4.79 Å². The van der Waals surface area contributed by atoms with E-state index in [0.29, 0.717) is 11.3 Å². The van der Waals surface area contributed by atoms with Crippen molar-refractivity contribution < 1.29 is 14.3 Å². The van der Waals surface area contributed by atoms with Crippen molar-refractivity contribution >= 4 is 11.9 Å². The minimum atomic E-state index is -0.912. The Morgan fingerprint density at radius 2 is 1.83 bits per heavy atom. The lowest BCUT2D eigenvalue weighted by Gasteiger charge is -2.21. The summed E-state index contributed by atoms with van der Waals surface area (Å²) in [7, 11) is 0. The van der Waals surface area contributed by atoms with Crippen LogP contribution in [0.4, 0.5) is 0 Å². The third-order valence-electron chi connectivity index (χ3n) is 4.47. The van der Waals surface area contributed by atoms with E-state index in [9.17, 15) is 9.59 Å². The highest BCUT2D eigenvalue weighted by atomic mass is 16.5. The number of hydrogen-bond acceptors (Lipinski definition) is 6. The first-order valence-corrected chi connectivity index (χ1v) is 9.48. The normalized spacial score (nSPS) is 12.8. The monoisotopic (exact) mass is 393 g/mol. The molecule has 8 heteroatoms. The maximum atomic E-state index is 12.6. The summed E-state index contributed by atoms with van der Waals surface area (Å²) in [5.74, 6) is -0.895. The molecule has 3 aromatic rings. The fourth-order valence-corrected chi connectivity index (χ4v) is 2.90. The molecule has 1 heterocycles. The molecule has 0 bridgehead atoms. The molecule has 0 fully saturated rings. The molecule has 0 unspecified atom stereocenters. The van der Waals surface area contributed by atoms with E-state index in [1.54, 1.807) is 31.2 Å². The van der Waals surface area contributed by atoms with Gasteiger partial charge in [0.15, 0.2) is 6.10 Å². The number of carbonyl (C=O) groups excluding carboxylic acids is 2. The molecule has 8 nitrogen and oxygen atoms in total. The van der Waals surface area contributed by atoms with Gasteiger partial charge >= 0.3 is 5.97 Å². The number of nitrogens with zero attached hydrogens (tertiary/aromatic N) is 4. The van der Waals surface area contributed by atoms with Crippen LogP contribution in [0.15, 0.2) is 60.9 Å². The molecule has 0 aliphatic heterocycles. The van der Waals surface area contributed by atoms with Gasteiger partial charge in [0.25, 0.3) is 5.91 Å². The van der Waals surface area contributed by atoms with Crippen LogP contribution in [0, 0.1) is 0 Å². The fourth-order valence-electron chi connectivity index (χ4n) is 2.90. The molecule has 1 amide bonds. The van der Waals surface area contributed by atoms with Crippen LogP contribution in [0.2, 0.25) is 0 Å². The van der Waals surface area contributed by atoms with Gasteiger partial charge in [-0.15, -0.1) is 5.10 Å². The van der Waals surface area contributed by atoms with Gasteiger partial charge in [0, 0.05) is 0 Å². The third kappa shape index (κ3) is 5.25.